The first-order valence-corrected chi connectivity index (χ1v) is 9.77. The second-order valence-electron chi connectivity index (χ2n) is 6.90. The summed E-state index contributed by atoms with van der Waals surface area (Å²) < 4.78 is 10.7. The molecule has 0 radical (unpaired) electrons. The summed E-state index contributed by atoms with van der Waals surface area (Å²) in [5, 5.41) is 4.11. The molecule has 0 aliphatic heterocycles. The van der Waals surface area contributed by atoms with Crippen molar-refractivity contribution in [2.24, 2.45) is 0 Å². The third-order valence-corrected chi connectivity index (χ3v) is 5.17. The van der Waals surface area contributed by atoms with Crippen LogP contribution in [0.3, 0.4) is 0 Å². The normalized spacial score (nSPS) is 13.0. The Bertz CT molecular complexity index is 843. The number of likely N-dealkylation sites (N-methyl/N-ethyl adjacent to an activating group) is 1. The Hall–Kier alpha value is -1.95. The molecule has 2 atom stereocenters. The summed E-state index contributed by atoms with van der Waals surface area (Å²) in [4.78, 5) is 13.5. The fraction of sp³-hybridized carbons (Fsp3) is 0.381. The van der Waals surface area contributed by atoms with Gasteiger partial charge in [-0.2, -0.15) is 0 Å². The van der Waals surface area contributed by atoms with Crippen LogP contribution in [0.15, 0.2) is 30.3 Å². The highest BCUT2D eigenvalue weighted by Crippen LogP contribution is 2.30. The van der Waals surface area contributed by atoms with E-state index in [1.54, 1.807) is 26.4 Å². The molecule has 7 heteroatoms. The van der Waals surface area contributed by atoms with Crippen molar-refractivity contribution in [1.82, 2.24) is 5.32 Å². The van der Waals surface area contributed by atoms with E-state index in [0.29, 0.717) is 34.6 Å². The van der Waals surface area contributed by atoms with Crippen LogP contribution in [0.4, 0.5) is 0 Å². The molecule has 28 heavy (non-hydrogen) atoms. The molecule has 0 spiro atoms. The quantitative estimate of drug-likeness (QED) is 0.682. The third-order valence-electron chi connectivity index (χ3n) is 4.60. The maximum Gasteiger partial charge on any atom is 0.275 e. The summed E-state index contributed by atoms with van der Waals surface area (Å²) in [5.74, 6) is 1.34. The molecule has 0 saturated carbocycles. The number of amides is 1. The SMILES string of the molecule is COc1cc(C)c(C[NH+](C)CC(=O)N[C@H](C)c2ccc(Cl)cc2Cl)cc1OC. The summed E-state index contributed by atoms with van der Waals surface area (Å²) in [7, 11) is 5.21. The number of quaternary nitrogens is 1. The molecular weight excluding hydrogens is 399 g/mol. The van der Waals surface area contributed by atoms with Gasteiger partial charge < -0.3 is 19.7 Å². The van der Waals surface area contributed by atoms with Crippen LogP contribution in [-0.2, 0) is 11.3 Å². The lowest BCUT2D eigenvalue weighted by Gasteiger charge is -2.19. The largest absolute Gasteiger partial charge is 0.493 e. The van der Waals surface area contributed by atoms with Crippen molar-refractivity contribution in [2.75, 3.05) is 27.8 Å². The molecule has 0 heterocycles. The lowest BCUT2D eigenvalue weighted by Crippen LogP contribution is -3.09. The van der Waals surface area contributed by atoms with Crippen LogP contribution in [0, 0.1) is 6.92 Å². The van der Waals surface area contributed by atoms with Gasteiger partial charge in [-0.15, -0.1) is 0 Å². The maximum atomic E-state index is 12.5. The first-order chi connectivity index (χ1) is 13.2. The van der Waals surface area contributed by atoms with Gasteiger partial charge in [0.25, 0.3) is 5.91 Å². The van der Waals surface area contributed by atoms with Gasteiger partial charge in [0.2, 0.25) is 0 Å². The van der Waals surface area contributed by atoms with E-state index in [0.717, 1.165) is 21.6 Å². The zero-order chi connectivity index (χ0) is 20.8. The Morgan fingerprint density at radius 1 is 1.14 bits per heavy atom. The molecule has 1 unspecified atom stereocenters. The Balaban J connectivity index is 1.99. The van der Waals surface area contributed by atoms with Crippen LogP contribution in [-0.4, -0.2) is 33.7 Å². The van der Waals surface area contributed by atoms with Gasteiger partial charge in [-0.25, -0.2) is 0 Å². The van der Waals surface area contributed by atoms with E-state index in [1.165, 1.54) is 0 Å². The van der Waals surface area contributed by atoms with Crippen LogP contribution >= 0.6 is 23.2 Å². The zero-order valence-electron chi connectivity index (χ0n) is 16.9. The highest BCUT2D eigenvalue weighted by atomic mass is 35.5. The lowest BCUT2D eigenvalue weighted by atomic mass is 10.1. The van der Waals surface area contributed by atoms with Crippen molar-refractivity contribution in [2.45, 2.75) is 26.4 Å². The van der Waals surface area contributed by atoms with E-state index >= 15 is 0 Å². The first-order valence-electron chi connectivity index (χ1n) is 9.02. The highest BCUT2D eigenvalue weighted by Gasteiger charge is 2.18. The second-order valence-corrected chi connectivity index (χ2v) is 7.74. The van der Waals surface area contributed by atoms with Gasteiger partial charge in [-0.1, -0.05) is 29.3 Å². The molecule has 2 rings (SSSR count). The number of aryl methyl sites for hydroxylation is 1. The molecule has 2 aromatic carbocycles. The van der Waals surface area contributed by atoms with E-state index in [1.807, 2.05) is 39.1 Å². The average Bonchev–Trinajstić information content (AvgIpc) is 2.62. The van der Waals surface area contributed by atoms with Crippen LogP contribution < -0.4 is 19.7 Å². The molecule has 1 amide bonds. The molecule has 0 saturated heterocycles. The molecule has 152 valence electrons. The van der Waals surface area contributed by atoms with E-state index in [-0.39, 0.29) is 11.9 Å². The number of ether oxygens (including phenoxy) is 2. The molecule has 0 aliphatic carbocycles. The molecule has 0 aliphatic rings. The van der Waals surface area contributed by atoms with Crippen LogP contribution in [0.1, 0.15) is 29.7 Å². The minimum atomic E-state index is -0.201. The summed E-state index contributed by atoms with van der Waals surface area (Å²) >= 11 is 12.2. The number of carbonyl (C=O) groups excluding carboxylic acids is 1. The zero-order valence-corrected chi connectivity index (χ0v) is 18.4. The molecule has 0 bridgehead atoms. The summed E-state index contributed by atoms with van der Waals surface area (Å²) in [6.07, 6.45) is 0. The topological polar surface area (TPSA) is 52.0 Å². The number of hydrogen-bond acceptors (Lipinski definition) is 3. The van der Waals surface area contributed by atoms with Gasteiger partial charge in [0.05, 0.1) is 27.3 Å². The number of methoxy groups -OCH3 is 2. The molecule has 0 fully saturated rings. The van der Waals surface area contributed by atoms with Crippen molar-refractivity contribution >= 4 is 29.1 Å². The van der Waals surface area contributed by atoms with Crippen molar-refractivity contribution in [3.8, 4) is 11.5 Å². The van der Waals surface area contributed by atoms with Crippen molar-refractivity contribution in [3.63, 3.8) is 0 Å². The van der Waals surface area contributed by atoms with Gasteiger partial charge in [0.15, 0.2) is 18.0 Å². The Labute approximate surface area is 176 Å². The van der Waals surface area contributed by atoms with Gasteiger partial charge in [0, 0.05) is 15.6 Å². The highest BCUT2D eigenvalue weighted by molar-refractivity contribution is 6.35. The molecular formula is C21H27Cl2N2O3+. The second kappa shape index (κ2) is 10.0. The number of hydrogen-bond donors (Lipinski definition) is 2. The van der Waals surface area contributed by atoms with Crippen LogP contribution in [0.5, 0.6) is 11.5 Å². The minimum absolute atomic E-state index is 0.0471. The fourth-order valence-corrected chi connectivity index (χ4v) is 3.67. The fourth-order valence-electron chi connectivity index (χ4n) is 3.10. The molecule has 2 aromatic rings. The standard InChI is InChI=1S/C21H26Cl2N2O3/c1-13-8-19(27-4)20(28-5)9-15(13)11-25(3)12-21(26)24-14(2)17-7-6-16(22)10-18(17)23/h6-10,14H,11-12H2,1-5H3,(H,24,26)/p+1/t14-/m1/s1. The number of benzene rings is 2. The first kappa shape index (κ1) is 22.3. The van der Waals surface area contributed by atoms with Gasteiger partial charge in [0.1, 0.15) is 6.54 Å². The van der Waals surface area contributed by atoms with Crippen molar-refractivity contribution in [1.29, 1.82) is 0 Å². The Morgan fingerprint density at radius 3 is 2.39 bits per heavy atom. The number of halogens is 2. The smallest absolute Gasteiger partial charge is 0.275 e. The van der Waals surface area contributed by atoms with Crippen LogP contribution in [0.2, 0.25) is 10.0 Å². The Morgan fingerprint density at radius 2 is 1.79 bits per heavy atom. The summed E-state index contributed by atoms with van der Waals surface area (Å²) in [6, 6.07) is 8.99. The van der Waals surface area contributed by atoms with E-state index in [2.05, 4.69) is 5.32 Å². The predicted molar refractivity (Wildman–Crippen MR) is 113 cm³/mol. The molecule has 5 nitrogen and oxygen atoms in total. The third kappa shape index (κ3) is 5.77. The number of nitrogens with one attached hydrogen (secondary N) is 2. The predicted octanol–water partition coefficient (Wildman–Crippen LogP) is 3.21. The van der Waals surface area contributed by atoms with E-state index in [4.69, 9.17) is 32.7 Å². The van der Waals surface area contributed by atoms with E-state index in [9.17, 15) is 4.79 Å². The van der Waals surface area contributed by atoms with Gasteiger partial charge in [-0.05, 0) is 49.2 Å². The Kier molecular flexibility index (Phi) is 7.98. The van der Waals surface area contributed by atoms with Crippen molar-refractivity contribution < 1.29 is 19.2 Å². The monoisotopic (exact) mass is 425 g/mol. The summed E-state index contributed by atoms with van der Waals surface area (Å²) in [6.45, 7) is 4.95. The summed E-state index contributed by atoms with van der Waals surface area (Å²) in [5.41, 5.74) is 3.04. The lowest BCUT2D eigenvalue weighted by molar-refractivity contribution is -0.885. The minimum Gasteiger partial charge on any atom is -0.493 e. The number of carbonyl (C=O) groups is 1. The van der Waals surface area contributed by atoms with Gasteiger partial charge in [-0.3, -0.25) is 4.79 Å². The van der Waals surface area contributed by atoms with E-state index < -0.39 is 0 Å². The molecule has 0 aromatic heterocycles. The number of rotatable bonds is 8. The molecule has 2 N–H and O–H groups in total. The van der Waals surface area contributed by atoms with Crippen LogP contribution in [0.25, 0.3) is 0 Å². The van der Waals surface area contributed by atoms with Crippen molar-refractivity contribution in [3.05, 3.63) is 57.1 Å². The van der Waals surface area contributed by atoms with Gasteiger partial charge >= 0.3 is 0 Å². The maximum absolute atomic E-state index is 12.5. The average molecular weight is 426 g/mol.